The summed E-state index contributed by atoms with van der Waals surface area (Å²) < 4.78 is 11.2. The number of nitrogens with one attached hydrogen (secondary N) is 1. The second-order valence-corrected chi connectivity index (χ2v) is 5.48. The number of halogens is 1. The lowest BCUT2D eigenvalue weighted by atomic mass is 9.89. The number of furan rings is 1. The molecule has 0 amide bonds. The van der Waals surface area contributed by atoms with E-state index in [-0.39, 0.29) is 0 Å². The Hall–Kier alpha value is -1.19. The SMILES string of the molecule is COc1cc(C2CCNCC2)c(Cl)c2cc(C)oc12. The monoisotopic (exact) mass is 279 g/mol. The van der Waals surface area contributed by atoms with Crippen LogP contribution in [0.1, 0.15) is 30.1 Å². The van der Waals surface area contributed by atoms with E-state index in [4.69, 9.17) is 20.8 Å². The van der Waals surface area contributed by atoms with Crippen molar-refractivity contribution in [3.8, 4) is 5.75 Å². The van der Waals surface area contributed by atoms with Crippen LogP contribution in [-0.2, 0) is 0 Å². The Morgan fingerprint density at radius 1 is 1.32 bits per heavy atom. The molecule has 1 aromatic heterocycles. The minimum atomic E-state index is 0.502. The van der Waals surface area contributed by atoms with Gasteiger partial charge in [-0.15, -0.1) is 0 Å². The Morgan fingerprint density at radius 3 is 2.74 bits per heavy atom. The van der Waals surface area contributed by atoms with Crippen molar-refractivity contribution in [3.05, 3.63) is 28.5 Å². The third-order valence-electron chi connectivity index (χ3n) is 3.85. The summed E-state index contributed by atoms with van der Waals surface area (Å²) >= 11 is 6.58. The quantitative estimate of drug-likeness (QED) is 0.906. The fourth-order valence-electron chi connectivity index (χ4n) is 2.87. The number of methoxy groups -OCH3 is 1. The first-order valence-corrected chi connectivity index (χ1v) is 7.05. The highest BCUT2D eigenvalue weighted by Gasteiger charge is 2.22. The predicted octanol–water partition coefficient (Wildman–Crippen LogP) is 3.87. The van der Waals surface area contributed by atoms with Gasteiger partial charge < -0.3 is 14.5 Å². The lowest BCUT2D eigenvalue weighted by molar-refractivity contribution is 0.406. The maximum atomic E-state index is 6.58. The molecule has 19 heavy (non-hydrogen) atoms. The van der Waals surface area contributed by atoms with Gasteiger partial charge in [0.25, 0.3) is 0 Å². The van der Waals surface area contributed by atoms with Gasteiger partial charge in [0.1, 0.15) is 5.76 Å². The molecule has 102 valence electrons. The zero-order valence-corrected chi connectivity index (χ0v) is 12.0. The molecule has 1 fully saturated rings. The summed E-state index contributed by atoms with van der Waals surface area (Å²) in [6.07, 6.45) is 2.23. The lowest BCUT2D eigenvalue weighted by Gasteiger charge is -2.24. The number of ether oxygens (including phenoxy) is 1. The van der Waals surface area contributed by atoms with Gasteiger partial charge in [0.05, 0.1) is 12.1 Å². The van der Waals surface area contributed by atoms with Gasteiger partial charge in [-0.3, -0.25) is 0 Å². The molecule has 3 rings (SSSR count). The lowest BCUT2D eigenvalue weighted by Crippen LogP contribution is -2.26. The maximum Gasteiger partial charge on any atom is 0.177 e. The van der Waals surface area contributed by atoms with E-state index in [2.05, 4.69) is 5.32 Å². The highest BCUT2D eigenvalue weighted by Crippen LogP contribution is 2.41. The summed E-state index contributed by atoms with van der Waals surface area (Å²) in [5.41, 5.74) is 1.94. The summed E-state index contributed by atoms with van der Waals surface area (Å²) in [6.45, 7) is 4.03. The summed E-state index contributed by atoms with van der Waals surface area (Å²) in [5.74, 6) is 2.14. The summed E-state index contributed by atoms with van der Waals surface area (Å²) in [6, 6.07) is 4.04. The van der Waals surface area contributed by atoms with Crippen molar-refractivity contribution in [2.24, 2.45) is 0 Å². The Kier molecular flexibility index (Phi) is 3.42. The van der Waals surface area contributed by atoms with Crippen LogP contribution in [0.3, 0.4) is 0 Å². The molecule has 1 N–H and O–H groups in total. The summed E-state index contributed by atoms with van der Waals surface area (Å²) in [5, 5.41) is 5.16. The van der Waals surface area contributed by atoms with E-state index in [9.17, 15) is 0 Å². The van der Waals surface area contributed by atoms with Gasteiger partial charge in [0.15, 0.2) is 11.3 Å². The molecule has 0 bridgehead atoms. The van der Waals surface area contributed by atoms with Crippen LogP contribution in [0.25, 0.3) is 11.0 Å². The van der Waals surface area contributed by atoms with Crippen molar-refractivity contribution < 1.29 is 9.15 Å². The number of hydrogen-bond donors (Lipinski definition) is 1. The molecule has 0 radical (unpaired) electrons. The molecular weight excluding hydrogens is 262 g/mol. The highest BCUT2D eigenvalue weighted by molar-refractivity contribution is 6.36. The van der Waals surface area contributed by atoms with Gasteiger partial charge >= 0.3 is 0 Å². The zero-order valence-electron chi connectivity index (χ0n) is 11.3. The van der Waals surface area contributed by atoms with E-state index in [0.29, 0.717) is 5.92 Å². The molecule has 1 saturated heterocycles. The van der Waals surface area contributed by atoms with Crippen LogP contribution in [0.5, 0.6) is 5.75 Å². The minimum Gasteiger partial charge on any atom is -0.493 e. The van der Waals surface area contributed by atoms with Crippen molar-refractivity contribution in [1.82, 2.24) is 5.32 Å². The molecule has 1 aromatic carbocycles. The molecule has 0 saturated carbocycles. The van der Waals surface area contributed by atoms with Gasteiger partial charge in [-0.2, -0.15) is 0 Å². The molecular formula is C15H18ClNO2. The van der Waals surface area contributed by atoms with Gasteiger partial charge in [-0.05, 0) is 56.5 Å². The molecule has 4 heteroatoms. The van der Waals surface area contributed by atoms with Crippen molar-refractivity contribution >= 4 is 22.6 Å². The molecule has 0 unspecified atom stereocenters. The molecule has 0 atom stereocenters. The highest BCUT2D eigenvalue weighted by atomic mass is 35.5. The van der Waals surface area contributed by atoms with E-state index in [1.807, 2.05) is 19.1 Å². The number of piperidine rings is 1. The van der Waals surface area contributed by atoms with E-state index in [1.165, 1.54) is 5.56 Å². The second kappa shape index (κ2) is 5.06. The predicted molar refractivity (Wildman–Crippen MR) is 77.4 cm³/mol. The first kappa shape index (κ1) is 12.8. The number of rotatable bonds is 2. The standard InChI is InChI=1S/C15H18ClNO2/c1-9-7-12-14(16)11(10-3-5-17-6-4-10)8-13(18-2)15(12)19-9/h7-8,10,17H,3-6H2,1-2H3. The topological polar surface area (TPSA) is 34.4 Å². The molecule has 3 nitrogen and oxygen atoms in total. The van der Waals surface area contributed by atoms with E-state index in [0.717, 1.165) is 53.4 Å². The van der Waals surface area contributed by atoms with Gasteiger partial charge in [-0.25, -0.2) is 0 Å². The van der Waals surface area contributed by atoms with Crippen LogP contribution < -0.4 is 10.1 Å². The fourth-order valence-corrected chi connectivity index (χ4v) is 3.22. The Morgan fingerprint density at radius 2 is 2.05 bits per heavy atom. The van der Waals surface area contributed by atoms with Crippen molar-refractivity contribution in [2.75, 3.05) is 20.2 Å². The maximum absolute atomic E-state index is 6.58. The third-order valence-corrected chi connectivity index (χ3v) is 4.28. The Labute approximate surface area is 117 Å². The van der Waals surface area contributed by atoms with Crippen LogP contribution in [0.15, 0.2) is 16.5 Å². The largest absolute Gasteiger partial charge is 0.493 e. The normalized spacial score (nSPS) is 17.0. The average Bonchev–Trinajstić information content (AvgIpc) is 2.83. The summed E-state index contributed by atoms with van der Waals surface area (Å²) in [4.78, 5) is 0. The number of aryl methyl sites for hydroxylation is 1. The fraction of sp³-hybridized carbons (Fsp3) is 0.467. The first-order chi connectivity index (χ1) is 9.20. The molecule has 1 aliphatic heterocycles. The first-order valence-electron chi connectivity index (χ1n) is 6.68. The van der Waals surface area contributed by atoms with Crippen molar-refractivity contribution in [1.29, 1.82) is 0 Å². The molecule has 2 aromatic rings. The van der Waals surface area contributed by atoms with Crippen LogP contribution in [0, 0.1) is 6.92 Å². The summed E-state index contributed by atoms with van der Waals surface area (Å²) in [7, 11) is 1.67. The van der Waals surface area contributed by atoms with Gasteiger partial charge in [0.2, 0.25) is 0 Å². The molecule has 2 heterocycles. The Balaban J connectivity index is 2.15. The van der Waals surface area contributed by atoms with Crippen molar-refractivity contribution in [3.63, 3.8) is 0 Å². The molecule has 0 aliphatic carbocycles. The average molecular weight is 280 g/mol. The third kappa shape index (κ3) is 2.21. The van der Waals surface area contributed by atoms with Crippen molar-refractivity contribution in [2.45, 2.75) is 25.7 Å². The van der Waals surface area contributed by atoms with Crippen LogP contribution in [0.4, 0.5) is 0 Å². The van der Waals surface area contributed by atoms with E-state index in [1.54, 1.807) is 7.11 Å². The van der Waals surface area contributed by atoms with Gasteiger partial charge in [0, 0.05) is 5.39 Å². The van der Waals surface area contributed by atoms with E-state index < -0.39 is 0 Å². The molecule has 1 aliphatic rings. The minimum absolute atomic E-state index is 0.502. The van der Waals surface area contributed by atoms with Gasteiger partial charge in [-0.1, -0.05) is 11.6 Å². The van der Waals surface area contributed by atoms with Crippen LogP contribution in [0.2, 0.25) is 5.02 Å². The second-order valence-electron chi connectivity index (χ2n) is 5.11. The number of hydrogen-bond acceptors (Lipinski definition) is 3. The van der Waals surface area contributed by atoms with E-state index >= 15 is 0 Å². The van der Waals surface area contributed by atoms with Crippen LogP contribution >= 0.6 is 11.6 Å². The Bertz CT molecular complexity index is 600. The zero-order chi connectivity index (χ0) is 13.4. The molecule has 0 spiro atoms. The van der Waals surface area contributed by atoms with Crippen LogP contribution in [-0.4, -0.2) is 20.2 Å². The number of benzene rings is 1. The number of fused-ring (bicyclic) bond motifs is 1. The smallest absolute Gasteiger partial charge is 0.177 e.